The highest BCUT2D eigenvalue weighted by Gasteiger charge is 2.28. The van der Waals surface area contributed by atoms with Gasteiger partial charge >= 0.3 is 6.03 Å². The molecule has 0 aromatic rings. The Balaban J connectivity index is 3.33. The fourth-order valence-electron chi connectivity index (χ4n) is 3.28. The fraction of sp³-hybridized carbons (Fsp3) is 0.909. The highest BCUT2D eigenvalue weighted by Crippen LogP contribution is 2.26. The summed E-state index contributed by atoms with van der Waals surface area (Å²) in [6, 6.07) is -0.391. The van der Waals surface area contributed by atoms with Crippen LogP contribution in [0, 0.1) is 0 Å². The second-order valence-corrected chi connectivity index (χ2v) is 10.0. The van der Waals surface area contributed by atoms with E-state index in [1.54, 1.807) is 0 Å². The molecule has 0 aromatic carbocycles. The molecule has 0 atom stereocenters. The molecule has 0 spiro atoms. The average Bonchev–Trinajstić information content (AvgIpc) is 2.67. The van der Waals surface area contributed by atoms with E-state index in [1.165, 1.54) is 96.9 Å². The first-order valence-electron chi connectivity index (χ1n) is 11.5. The lowest BCUT2D eigenvalue weighted by Crippen LogP contribution is -2.44. The van der Waals surface area contributed by atoms with Gasteiger partial charge in [0.2, 0.25) is 3.79 Å². The zero-order chi connectivity index (χ0) is 21.8. The van der Waals surface area contributed by atoms with Crippen molar-refractivity contribution in [3.63, 3.8) is 0 Å². The lowest BCUT2D eigenvalue weighted by atomic mass is 10.0. The maximum Gasteiger partial charge on any atom is 0.320 e. The number of hydrogen-bond donors (Lipinski definition) is 2. The highest BCUT2D eigenvalue weighted by atomic mass is 35.6. The molecule has 0 heterocycles. The van der Waals surface area contributed by atoms with Crippen molar-refractivity contribution < 1.29 is 4.79 Å². The van der Waals surface area contributed by atoms with Crippen LogP contribution in [0.1, 0.15) is 110 Å². The molecule has 29 heavy (non-hydrogen) atoms. The number of amides is 2. The van der Waals surface area contributed by atoms with Gasteiger partial charge in [-0.25, -0.2) is 4.79 Å². The van der Waals surface area contributed by atoms with Crippen molar-refractivity contribution in [1.29, 1.82) is 0 Å². The SMILES string of the molecule is CCCCCCCCCCCCCCCCCCNC(=O)NC(=NC)C(Cl)(Cl)Cl. The van der Waals surface area contributed by atoms with Gasteiger partial charge in [-0.3, -0.25) is 10.3 Å². The lowest BCUT2D eigenvalue weighted by molar-refractivity contribution is 0.245. The predicted molar refractivity (Wildman–Crippen MR) is 130 cm³/mol. The maximum absolute atomic E-state index is 11.7. The molecule has 0 aliphatic carbocycles. The second kappa shape index (κ2) is 19.8. The summed E-state index contributed by atoms with van der Waals surface area (Å²) in [5.41, 5.74) is 0. The van der Waals surface area contributed by atoms with Crippen molar-refractivity contribution in [3.8, 4) is 0 Å². The molecule has 2 N–H and O–H groups in total. The van der Waals surface area contributed by atoms with Gasteiger partial charge in [-0.1, -0.05) is 138 Å². The number of urea groups is 1. The number of amidine groups is 1. The fourth-order valence-corrected chi connectivity index (χ4v) is 3.68. The van der Waals surface area contributed by atoms with Gasteiger partial charge in [0.1, 0.15) is 0 Å². The van der Waals surface area contributed by atoms with Gasteiger partial charge in [0, 0.05) is 13.6 Å². The summed E-state index contributed by atoms with van der Waals surface area (Å²) in [7, 11) is 1.47. The van der Waals surface area contributed by atoms with Gasteiger partial charge in [0.05, 0.1) is 0 Å². The van der Waals surface area contributed by atoms with E-state index >= 15 is 0 Å². The quantitative estimate of drug-likeness (QED) is 0.0963. The van der Waals surface area contributed by atoms with Gasteiger partial charge < -0.3 is 5.32 Å². The van der Waals surface area contributed by atoms with Gasteiger partial charge in [0.25, 0.3) is 0 Å². The minimum atomic E-state index is -1.72. The van der Waals surface area contributed by atoms with Crippen molar-refractivity contribution in [2.45, 2.75) is 113 Å². The zero-order valence-electron chi connectivity index (χ0n) is 18.5. The summed E-state index contributed by atoms with van der Waals surface area (Å²) >= 11 is 17.1. The standard InChI is InChI=1S/C22H42Cl3N3O/c1-3-4-5-6-7-8-9-10-11-12-13-14-15-16-17-18-19-27-21(29)28-20(26-2)22(23,24)25/h3-19H2,1-2H3,(H2,26,27,28,29). The number of aliphatic imine (C=N–C) groups is 1. The Morgan fingerprint density at radius 3 is 1.45 bits per heavy atom. The Morgan fingerprint density at radius 1 is 0.724 bits per heavy atom. The molecule has 0 unspecified atom stereocenters. The summed E-state index contributed by atoms with van der Waals surface area (Å²) in [5, 5.41) is 5.23. The number of carbonyl (C=O) groups is 1. The van der Waals surface area contributed by atoms with E-state index in [-0.39, 0.29) is 5.84 Å². The zero-order valence-corrected chi connectivity index (χ0v) is 20.8. The third kappa shape index (κ3) is 19.5. The Morgan fingerprint density at radius 2 is 1.10 bits per heavy atom. The molecule has 0 aliphatic heterocycles. The molecule has 7 heteroatoms. The molecule has 0 rings (SSSR count). The van der Waals surface area contributed by atoms with Crippen LogP contribution in [0.25, 0.3) is 0 Å². The van der Waals surface area contributed by atoms with E-state index in [2.05, 4.69) is 22.5 Å². The Hall–Kier alpha value is -0.190. The van der Waals surface area contributed by atoms with Crippen molar-refractivity contribution in [1.82, 2.24) is 10.6 Å². The second-order valence-electron chi connectivity index (χ2n) is 7.75. The first kappa shape index (κ1) is 28.8. The monoisotopic (exact) mass is 469 g/mol. The third-order valence-electron chi connectivity index (χ3n) is 5.04. The Labute approximate surface area is 193 Å². The van der Waals surface area contributed by atoms with Gasteiger partial charge in [0.15, 0.2) is 5.84 Å². The largest absolute Gasteiger partial charge is 0.338 e. The van der Waals surface area contributed by atoms with E-state index in [9.17, 15) is 4.79 Å². The van der Waals surface area contributed by atoms with E-state index in [1.807, 2.05) is 0 Å². The molecule has 4 nitrogen and oxygen atoms in total. The average molecular weight is 471 g/mol. The normalized spacial score (nSPS) is 12.2. The lowest BCUT2D eigenvalue weighted by Gasteiger charge is -2.15. The molecule has 0 aliphatic rings. The summed E-state index contributed by atoms with van der Waals surface area (Å²) in [5.74, 6) is 0.0203. The summed E-state index contributed by atoms with van der Waals surface area (Å²) in [6.07, 6.45) is 21.3. The number of halogens is 3. The number of nitrogens with zero attached hydrogens (tertiary/aromatic N) is 1. The third-order valence-corrected chi connectivity index (χ3v) is 5.58. The molecule has 0 saturated carbocycles. The molecule has 172 valence electrons. The van der Waals surface area contributed by atoms with Crippen molar-refractivity contribution in [2.24, 2.45) is 4.99 Å². The van der Waals surface area contributed by atoms with Crippen LogP contribution in [0.4, 0.5) is 4.79 Å². The molecule has 0 bridgehead atoms. The first-order valence-corrected chi connectivity index (χ1v) is 12.6. The van der Waals surface area contributed by atoms with Crippen molar-refractivity contribution in [3.05, 3.63) is 0 Å². The molecule has 0 radical (unpaired) electrons. The number of nitrogens with one attached hydrogen (secondary N) is 2. The summed E-state index contributed by atoms with van der Waals surface area (Å²) < 4.78 is -1.72. The molecule has 2 amide bonds. The maximum atomic E-state index is 11.7. The van der Waals surface area contributed by atoms with E-state index in [0.717, 1.165) is 12.8 Å². The summed E-state index contributed by atoms with van der Waals surface area (Å²) in [6.45, 7) is 2.88. The number of hydrogen-bond acceptors (Lipinski definition) is 2. The van der Waals surface area contributed by atoms with Crippen LogP contribution in [0.5, 0.6) is 0 Å². The predicted octanol–water partition coefficient (Wildman–Crippen LogP) is 7.95. The number of alkyl halides is 3. The topological polar surface area (TPSA) is 53.5 Å². The van der Waals surface area contributed by atoms with Crippen LogP contribution in [0.3, 0.4) is 0 Å². The van der Waals surface area contributed by atoms with E-state index < -0.39 is 9.82 Å². The Bertz CT molecular complexity index is 426. The van der Waals surface area contributed by atoms with Gasteiger partial charge in [-0.2, -0.15) is 0 Å². The van der Waals surface area contributed by atoms with Crippen LogP contribution < -0.4 is 10.6 Å². The molecular formula is C22H42Cl3N3O. The first-order chi connectivity index (χ1) is 13.9. The smallest absolute Gasteiger partial charge is 0.320 e. The molecule has 0 saturated heterocycles. The minimum Gasteiger partial charge on any atom is -0.338 e. The van der Waals surface area contributed by atoms with Gasteiger partial charge in [-0.05, 0) is 6.42 Å². The highest BCUT2D eigenvalue weighted by molar-refractivity contribution is 6.76. The minimum absolute atomic E-state index is 0.0203. The summed E-state index contributed by atoms with van der Waals surface area (Å²) in [4.78, 5) is 15.5. The van der Waals surface area contributed by atoms with Crippen molar-refractivity contribution in [2.75, 3.05) is 13.6 Å². The van der Waals surface area contributed by atoms with Gasteiger partial charge in [-0.15, -0.1) is 0 Å². The molecule has 0 aromatic heterocycles. The van der Waals surface area contributed by atoms with E-state index in [4.69, 9.17) is 34.8 Å². The van der Waals surface area contributed by atoms with Crippen LogP contribution in [0.2, 0.25) is 0 Å². The van der Waals surface area contributed by atoms with Crippen LogP contribution in [-0.4, -0.2) is 29.3 Å². The van der Waals surface area contributed by atoms with Crippen LogP contribution >= 0.6 is 34.8 Å². The van der Waals surface area contributed by atoms with Crippen molar-refractivity contribution >= 4 is 46.7 Å². The Kier molecular flexibility index (Phi) is 19.6. The van der Waals surface area contributed by atoms with Crippen LogP contribution in [-0.2, 0) is 0 Å². The number of carbonyl (C=O) groups excluding carboxylic acids is 1. The van der Waals surface area contributed by atoms with Crippen LogP contribution in [0.15, 0.2) is 4.99 Å². The number of rotatable bonds is 17. The molecular weight excluding hydrogens is 429 g/mol. The molecule has 0 fully saturated rings. The number of unbranched alkanes of at least 4 members (excludes halogenated alkanes) is 15. The van der Waals surface area contributed by atoms with E-state index in [0.29, 0.717) is 6.54 Å².